The Hall–Kier alpha value is -1.06. The predicted octanol–water partition coefficient (Wildman–Crippen LogP) is 2.19. The van der Waals surface area contributed by atoms with Gasteiger partial charge in [-0.1, -0.05) is 41.5 Å². The van der Waals surface area contributed by atoms with Gasteiger partial charge in [-0.05, 0) is 17.3 Å². The molecular weight excluding hydrogens is 240 g/mol. The topological polar surface area (TPSA) is 49.4 Å². The molecule has 4 heteroatoms. The Bertz CT molecular complexity index is 350. The first kappa shape index (κ1) is 16.0. The molecule has 110 valence electrons. The molecule has 1 unspecified atom stereocenters. The Morgan fingerprint density at radius 1 is 1.16 bits per heavy atom. The molecule has 19 heavy (non-hydrogen) atoms. The van der Waals surface area contributed by atoms with Gasteiger partial charge in [-0.25, -0.2) is 0 Å². The maximum atomic E-state index is 12.6. The fraction of sp³-hybridized carbons (Fsp3) is 0.867. The summed E-state index contributed by atoms with van der Waals surface area (Å²) in [5.41, 5.74) is -0.0572. The average Bonchev–Trinajstić information content (AvgIpc) is 2.35. The van der Waals surface area contributed by atoms with Gasteiger partial charge in [0.1, 0.15) is 6.04 Å². The maximum Gasteiger partial charge on any atom is 0.245 e. The molecule has 0 aromatic carbocycles. The third kappa shape index (κ3) is 4.84. The lowest BCUT2D eigenvalue weighted by atomic mass is 9.85. The van der Waals surface area contributed by atoms with Crippen molar-refractivity contribution in [2.75, 3.05) is 13.1 Å². The summed E-state index contributed by atoms with van der Waals surface area (Å²) in [7, 11) is 0. The molecule has 1 aliphatic rings. The van der Waals surface area contributed by atoms with E-state index in [4.69, 9.17) is 0 Å². The summed E-state index contributed by atoms with van der Waals surface area (Å²) in [6.45, 7) is 13.7. The first-order valence-corrected chi connectivity index (χ1v) is 7.09. The Labute approximate surface area is 116 Å². The first-order valence-electron chi connectivity index (χ1n) is 7.09. The first-order chi connectivity index (χ1) is 8.50. The van der Waals surface area contributed by atoms with Gasteiger partial charge in [0.25, 0.3) is 0 Å². The van der Waals surface area contributed by atoms with Crippen LogP contribution in [0, 0.1) is 10.8 Å². The molecule has 0 aromatic rings. The minimum Gasteiger partial charge on any atom is -0.344 e. The fourth-order valence-corrected chi connectivity index (χ4v) is 2.10. The third-order valence-corrected chi connectivity index (χ3v) is 3.47. The van der Waals surface area contributed by atoms with Gasteiger partial charge in [0.15, 0.2) is 0 Å². The van der Waals surface area contributed by atoms with Crippen LogP contribution in [0.25, 0.3) is 0 Å². The van der Waals surface area contributed by atoms with Crippen LogP contribution in [0.3, 0.4) is 0 Å². The number of hydrogen-bond acceptors (Lipinski definition) is 2. The van der Waals surface area contributed by atoms with E-state index in [1.54, 1.807) is 0 Å². The van der Waals surface area contributed by atoms with Gasteiger partial charge in [-0.15, -0.1) is 0 Å². The molecule has 1 saturated heterocycles. The van der Waals surface area contributed by atoms with Crippen molar-refractivity contribution in [3.8, 4) is 0 Å². The molecule has 1 rings (SSSR count). The number of carbonyl (C=O) groups excluding carboxylic acids is 2. The van der Waals surface area contributed by atoms with Crippen LogP contribution in [0.2, 0.25) is 0 Å². The van der Waals surface area contributed by atoms with Crippen LogP contribution in [0.4, 0.5) is 0 Å². The third-order valence-electron chi connectivity index (χ3n) is 3.47. The van der Waals surface area contributed by atoms with E-state index in [1.165, 1.54) is 0 Å². The molecule has 0 aliphatic carbocycles. The molecule has 4 nitrogen and oxygen atoms in total. The van der Waals surface area contributed by atoms with Crippen molar-refractivity contribution < 1.29 is 9.59 Å². The van der Waals surface area contributed by atoms with E-state index in [0.717, 1.165) is 13.0 Å². The van der Waals surface area contributed by atoms with Crippen LogP contribution < -0.4 is 5.32 Å². The summed E-state index contributed by atoms with van der Waals surface area (Å²) in [6, 6.07) is -0.414. The van der Waals surface area contributed by atoms with Crippen molar-refractivity contribution >= 4 is 11.8 Å². The molecule has 1 atom stereocenters. The fourth-order valence-electron chi connectivity index (χ4n) is 2.10. The van der Waals surface area contributed by atoms with Crippen LogP contribution >= 0.6 is 0 Å². The largest absolute Gasteiger partial charge is 0.344 e. The highest BCUT2D eigenvalue weighted by atomic mass is 16.2. The quantitative estimate of drug-likeness (QED) is 0.834. The molecule has 1 fully saturated rings. The van der Waals surface area contributed by atoms with Crippen molar-refractivity contribution in [1.29, 1.82) is 0 Å². The van der Waals surface area contributed by atoms with Gasteiger partial charge >= 0.3 is 0 Å². The zero-order valence-corrected chi connectivity index (χ0v) is 13.2. The van der Waals surface area contributed by atoms with Crippen molar-refractivity contribution in [2.45, 2.75) is 60.4 Å². The molecule has 0 aromatic heterocycles. The standard InChI is InChI=1S/C15H28N2O2/c1-14(2,3)8-10-17-9-7-11(18)16-12(13(17)19)15(4,5)6/h12H,7-10H2,1-6H3,(H,16,18). The monoisotopic (exact) mass is 268 g/mol. The Morgan fingerprint density at radius 2 is 1.74 bits per heavy atom. The molecule has 0 spiro atoms. The molecule has 1 heterocycles. The number of carbonyl (C=O) groups is 2. The number of hydrogen-bond donors (Lipinski definition) is 1. The highest BCUT2D eigenvalue weighted by Crippen LogP contribution is 2.25. The molecule has 1 N–H and O–H groups in total. The Balaban J connectivity index is 2.81. The van der Waals surface area contributed by atoms with Crippen LogP contribution in [-0.2, 0) is 9.59 Å². The molecule has 0 radical (unpaired) electrons. The summed E-state index contributed by atoms with van der Waals surface area (Å²) < 4.78 is 0. The summed E-state index contributed by atoms with van der Waals surface area (Å²) in [4.78, 5) is 26.2. The molecule has 0 saturated carbocycles. The van der Waals surface area contributed by atoms with Crippen LogP contribution in [0.5, 0.6) is 0 Å². The van der Waals surface area contributed by atoms with Crippen molar-refractivity contribution in [2.24, 2.45) is 10.8 Å². The summed E-state index contributed by atoms with van der Waals surface area (Å²) in [5.74, 6) is 0.0362. The lowest BCUT2D eigenvalue weighted by molar-refractivity contribution is -0.136. The second-order valence-electron chi connectivity index (χ2n) is 7.75. The zero-order chi connectivity index (χ0) is 14.8. The van der Waals surface area contributed by atoms with Gasteiger partial charge in [-0.2, -0.15) is 0 Å². The number of nitrogens with one attached hydrogen (secondary N) is 1. The van der Waals surface area contributed by atoms with E-state index < -0.39 is 6.04 Å². The normalized spacial score (nSPS) is 22.2. The second kappa shape index (κ2) is 5.51. The maximum absolute atomic E-state index is 12.6. The number of rotatable bonds is 2. The zero-order valence-electron chi connectivity index (χ0n) is 13.2. The van der Waals surface area contributed by atoms with Crippen LogP contribution in [0.15, 0.2) is 0 Å². The summed E-state index contributed by atoms with van der Waals surface area (Å²) >= 11 is 0. The SMILES string of the molecule is CC(C)(C)CCN1CCC(=O)NC(C(C)(C)C)C1=O. The van der Waals surface area contributed by atoms with Crippen LogP contribution in [0.1, 0.15) is 54.4 Å². The van der Waals surface area contributed by atoms with E-state index in [2.05, 4.69) is 26.1 Å². The smallest absolute Gasteiger partial charge is 0.245 e. The molecule has 0 bridgehead atoms. The second-order valence-corrected chi connectivity index (χ2v) is 7.75. The average molecular weight is 268 g/mol. The highest BCUT2D eigenvalue weighted by Gasteiger charge is 2.37. The van der Waals surface area contributed by atoms with E-state index in [9.17, 15) is 9.59 Å². The van der Waals surface area contributed by atoms with Crippen molar-refractivity contribution in [1.82, 2.24) is 10.2 Å². The van der Waals surface area contributed by atoms with Gasteiger partial charge in [0.2, 0.25) is 11.8 Å². The molecular formula is C15H28N2O2. The predicted molar refractivity (Wildman–Crippen MR) is 76.7 cm³/mol. The number of amides is 2. The highest BCUT2D eigenvalue weighted by molar-refractivity contribution is 5.90. The van der Waals surface area contributed by atoms with E-state index in [1.807, 2.05) is 25.7 Å². The van der Waals surface area contributed by atoms with Gasteiger partial charge in [0, 0.05) is 19.5 Å². The van der Waals surface area contributed by atoms with E-state index in [-0.39, 0.29) is 22.6 Å². The van der Waals surface area contributed by atoms with Crippen LogP contribution in [-0.4, -0.2) is 35.8 Å². The van der Waals surface area contributed by atoms with Gasteiger partial charge in [0.05, 0.1) is 0 Å². The summed E-state index contributed by atoms with van der Waals surface area (Å²) in [6.07, 6.45) is 1.35. The van der Waals surface area contributed by atoms with Crippen molar-refractivity contribution in [3.05, 3.63) is 0 Å². The molecule has 2 amide bonds. The molecule has 1 aliphatic heterocycles. The van der Waals surface area contributed by atoms with Crippen molar-refractivity contribution in [3.63, 3.8) is 0 Å². The summed E-state index contributed by atoms with van der Waals surface area (Å²) in [5, 5.41) is 2.87. The van der Waals surface area contributed by atoms with Gasteiger partial charge in [-0.3, -0.25) is 9.59 Å². The van der Waals surface area contributed by atoms with E-state index >= 15 is 0 Å². The minimum absolute atomic E-state index is 0.0217. The lowest BCUT2D eigenvalue weighted by Crippen LogP contribution is -2.52. The minimum atomic E-state index is -0.414. The van der Waals surface area contributed by atoms with Gasteiger partial charge < -0.3 is 10.2 Å². The Kier molecular flexibility index (Phi) is 4.64. The number of nitrogens with zero attached hydrogens (tertiary/aromatic N) is 1. The van der Waals surface area contributed by atoms with E-state index in [0.29, 0.717) is 13.0 Å². The lowest BCUT2D eigenvalue weighted by Gasteiger charge is -2.33. The Morgan fingerprint density at radius 3 is 2.21 bits per heavy atom.